The maximum absolute atomic E-state index is 13.4. The van der Waals surface area contributed by atoms with Crippen molar-refractivity contribution in [2.75, 3.05) is 13.2 Å². The van der Waals surface area contributed by atoms with Crippen LogP contribution < -0.4 is 5.32 Å². The highest BCUT2D eigenvalue weighted by Gasteiger charge is 2.47. The van der Waals surface area contributed by atoms with E-state index in [-0.39, 0.29) is 13.0 Å². The zero-order valence-electron chi connectivity index (χ0n) is 50.1. The third-order valence-electron chi connectivity index (χ3n) is 15.5. The molecular formula is C66H123NO10. The van der Waals surface area contributed by atoms with Gasteiger partial charge in [-0.3, -0.25) is 9.59 Å². The van der Waals surface area contributed by atoms with Crippen molar-refractivity contribution in [3.8, 4) is 0 Å². The Morgan fingerprint density at radius 2 is 0.896 bits per heavy atom. The van der Waals surface area contributed by atoms with Gasteiger partial charge in [0.1, 0.15) is 24.4 Å². The van der Waals surface area contributed by atoms with Gasteiger partial charge in [0, 0.05) is 6.42 Å². The second-order valence-corrected chi connectivity index (χ2v) is 22.9. The molecule has 0 aromatic rings. The second kappa shape index (κ2) is 54.5. The van der Waals surface area contributed by atoms with Crippen molar-refractivity contribution in [2.24, 2.45) is 0 Å². The minimum absolute atomic E-state index is 0.126. The normalized spacial score (nSPS) is 19.2. The summed E-state index contributed by atoms with van der Waals surface area (Å²) in [6.45, 7) is 5.79. The molecule has 1 saturated heterocycles. The maximum atomic E-state index is 13.4. The van der Waals surface area contributed by atoms with Crippen LogP contribution in [0.2, 0.25) is 0 Å². The first-order chi connectivity index (χ1) is 37.7. The molecule has 0 bridgehead atoms. The van der Waals surface area contributed by atoms with Gasteiger partial charge in [-0.1, -0.05) is 282 Å². The highest BCUT2D eigenvalue weighted by Crippen LogP contribution is 2.26. The van der Waals surface area contributed by atoms with Crippen LogP contribution in [0.25, 0.3) is 0 Å². The molecule has 1 amide bonds. The molecule has 77 heavy (non-hydrogen) atoms. The number of allylic oxidation sites excluding steroid dienone is 5. The number of hydrogen-bond acceptors (Lipinski definition) is 10. The lowest BCUT2D eigenvalue weighted by Gasteiger charge is -2.41. The van der Waals surface area contributed by atoms with E-state index < -0.39 is 67.4 Å². The SMILES string of the molecule is CCCCC/C=C\C/C=C\CCCCCCCCCCCCCCCC(=O)OC1C(OCC(NC(=O)C(O)CCCCCCCCCCCCCCCC)C(O)/C=C/CCCCCCCCCCC)OC(CO)C(O)C1O. The molecule has 452 valence electrons. The molecule has 8 atom stereocenters. The second-order valence-electron chi connectivity index (χ2n) is 22.9. The zero-order chi connectivity index (χ0) is 56.1. The number of carbonyl (C=O) groups excluding carboxylic acids is 2. The molecule has 0 saturated carbocycles. The van der Waals surface area contributed by atoms with Crippen molar-refractivity contribution in [3.05, 3.63) is 36.5 Å². The van der Waals surface area contributed by atoms with Gasteiger partial charge in [0.2, 0.25) is 5.91 Å². The third-order valence-corrected chi connectivity index (χ3v) is 15.5. The van der Waals surface area contributed by atoms with E-state index >= 15 is 0 Å². The third kappa shape index (κ3) is 42.4. The number of hydrogen-bond donors (Lipinski definition) is 6. The summed E-state index contributed by atoms with van der Waals surface area (Å²) in [4.78, 5) is 26.6. The van der Waals surface area contributed by atoms with Gasteiger partial charge in [-0.2, -0.15) is 0 Å². The highest BCUT2D eigenvalue weighted by molar-refractivity contribution is 5.80. The molecule has 0 radical (unpaired) electrons. The summed E-state index contributed by atoms with van der Waals surface area (Å²) in [6.07, 6.45) is 54.7. The van der Waals surface area contributed by atoms with Crippen molar-refractivity contribution in [3.63, 3.8) is 0 Å². The van der Waals surface area contributed by atoms with Gasteiger partial charge in [0.15, 0.2) is 12.4 Å². The van der Waals surface area contributed by atoms with Crippen LogP contribution in [0.3, 0.4) is 0 Å². The molecule has 6 N–H and O–H groups in total. The number of amides is 1. The van der Waals surface area contributed by atoms with Crippen LogP contribution in [0, 0.1) is 0 Å². The van der Waals surface area contributed by atoms with Crippen molar-refractivity contribution in [1.29, 1.82) is 0 Å². The lowest BCUT2D eigenvalue weighted by Crippen LogP contribution is -2.61. The first kappa shape index (κ1) is 72.9. The zero-order valence-corrected chi connectivity index (χ0v) is 50.1. The van der Waals surface area contributed by atoms with E-state index in [4.69, 9.17) is 14.2 Å². The molecule has 8 unspecified atom stereocenters. The van der Waals surface area contributed by atoms with Crippen LogP contribution in [-0.4, -0.2) is 99.6 Å². The summed E-state index contributed by atoms with van der Waals surface area (Å²) in [5.74, 6) is -1.18. The average Bonchev–Trinajstić information content (AvgIpc) is 3.43. The van der Waals surface area contributed by atoms with Crippen LogP contribution in [-0.2, 0) is 23.8 Å². The van der Waals surface area contributed by atoms with Gasteiger partial charge < -0.3 is 45.1 Å². The van der Waals surface area contributed by atoms with Gasteiger partial charge in [-0.25, -0.2) is 0 Å². The van der Waals surface area contributed by atoms with Crippen LogP contribution >= 0.6 is 0 Å². The molecule has 11 nitrogen and oxygen atoms in total. The number of ether oxygens (including phenoxy) is 3. The van der Waals surface area contributed by atoms with E-state index in [9.17, 15) is 35.1 Å². The Hall–Kier alpha value is -2.12. The molecule has 1 fully saturated rings. The van der Waals surface area contributed by atoms with Crippen LogP contribution in [0.5, 0.6) is 0 Å². The Labute approximate surface area is 473 Å². The summed E-state index contributed by atoms with van der Waals surface area (Å²) in [7, 11) is 0. The number of rotatable bonds is 56. The van der Waals surface area contributed by atoms with Crippen LogP contribution in [0.1, 0.15) is 310 Å². The van der Waals surface area contributed by atoms with Crippen LogP contribution in [0.15, 0.2) is 36.5 Å². The Balaban J connectivity index is 2.58. The fourth-order valence-electron chi connectivity index (χ4n) is 10.3. The average molecular weight is 1090 g/mol. The number of esters is 1. The van der Waals surface area contributed by atoms with E-state index in [0.717, 1.165) is 64.2 Å². The Bertz CT molecular complexity index is 1390. The lowest BCUT2D eigenvalue weighted by atomic mass is 9.99. The number of aliphatic hydroxyl groups is 5. The fourth-order valence-corrected chi connectivity index (χ4v) is 10.3. The summed E-state index contributed by atoms with van der Waals surface area (Å²) in [6, 6.07) is -1.02. The van der Waals surface area contributed by atoms with Crippen molar-refractivity contribution >= 4 is 11.9 Å². The summed E-state index contributed by atoms with van der Waals surface area (Å²) >= 11 is 0. The molecule has 0 aromatic heterocycles. The Morgan fingerprint density at radius 1 is 0.506 bits per heavy atom. The molecule has 1 rings (SSSR count). The van der Waals surface area contributed by atoms with Crippen molar-refractivity contribution in [1.82, 2.24) is 5.32 Å². The smallest absolute Gasteiger partial charge is 0.306 e. The molecule has 0 aliphatic carbocycles. The number of aliphatic hydroxyl groups excluding tert-OH is 5. The minimum atomic E-state index is -1.61. The molecular weight excluding hydrogens is 967 g/mol. The molecule has 0 spiro atoms. The van der Waals surface area contributed by atoms with E-state index in [1.165, 1.54) is 199 Å². The van der Waals surface area contributed by atoms with E-state index in [1.54, 1.807) is 6.08 Å². The van der Waals surface area contributed by atoms with Crippen LogP contribution in [0.4, 0.5) is 0 Å². The van der Waals surface area contributed by atoms with Crippen molar-refractivity contribution < 1.29 is 49.3 Å². The first-order valence-electron chi connectivity index (χ1n) is 32.8. The fraction of sp³-hybridized carbons (Fsp3) is 0.879. The summed E-state index contributed by atoms with van der Waals surface area (Å²) in [5, 5.41) is 57.0. The largest absolute Gasteiger partial charge is 0.454 e. The highest BCUT2D eigenvalue weighted by atomic mass is 16.7. The maximum Gasteiger partial charge on any atom is 0.306 e. The number of carbonyl (C=O) groups is 2. The molecule has 11 heteroatoms. The standard InChI is InChI=1S/C66H123NO10/c1-4-7-10-13-16-19-22-24-26-27-28-29-30-31-32-33-34-36-39-42-45-48-51-54-61(71)77-64-63(73)62(72)60(55-68)76-66(64)75-56-57(58(69)52-49-46-43-40-37-21-18-15-12-9-6-3)67-65(74)59(70)53-50-47-44-41-38-35-25-23-20-17-14-11-8-5-2/h16,19,24,26,49,52,57-60,62-64,66,68-70,72-73H,4-15,17-18,20-23,25,27-48,50-51,53-56H2,1-3H3,(H,67,74)/b19-16-,26-24-,52-49+. The van der Waals surface area contributed by atoms with Gasteiger partial charge >= 0.3 is 5.97 Å². The summed E-state index contributed by atoms with van der Waals surface area (Å²) < 4.78 is 17.6. The minimum Gasteiger partial charge on any atom is -0.454 e. The monoisotopic (exact) mass is 1090 g/mol. The summed E-state index contributed by atoms with van der Waals surface area (Å²) in [5.41, 5.74) is 0. The number of nitrogens with one attached hydrogen (secondary N) is 1. The van der Waals surface area contributed by atoms with E-state index in [2.05, 4.69) is 50.4 Å². The topological polar surface area (TPSA) is 175 Å². The van der Waals surface area contributed by atoms with Gasteiger partial charge in [0.05, 0.1) is 25.4 Å². The quantitative estimate of drug-likeness (QED) is 0.0195. The Kier molecular flexibility index (Phi) is 51.6. The van der Waals surface area contributed by atoms with Gasteiger partial charge in [0.25, 0.3) is 0 Å². The van der Waals surface area contributed by atoms with E-state index in [1.807, 2.05) is 6.08 Å². The molecule has 0 aromatic carbocycles. The predicted molar refractivity (Wildman–Crippen MR) is 320 cm³/mol. The first-order valence-corrected chi connectivity index (χ1v) is 32.8. The van der Waals surface area contributed by atoms with Gasteiger partial charge in [-0.05, 0) is 57.8 Å². The predicted octanol–water partition coefficient (Wildman–Crippen LogP) is 15.8. The molecule has 1 aliphatic rings. The Morgan fingerprint density at radius 3 is 1.35 bits per heavy atom. The molecule has 1 aliphatic heterocycles. The van der Waals surface area contributed by atoms with E-state index in [0.29, 0.717) is 19.3 Å². The van der Waals surface area contributed by atoms with Crippen molar-refractivity contribution in [2.45, 2.75) is 359 Å². The van der Waals surface area contributed by atoms with Gasteiger partial charge in [-0.15, -0.1) is 0 Å². The lowest BCUT2D eigenvalue weighted by molar-refractivity contribution is -0.305. The number of unbranched alkanes of at least 4 members (excludes halogenated alkanes) is 38. The molecule has 1 heterocycles.